The van der Waals surface area contributed by atoms with E-state index in [2.05, 4.69) is 15.3 Å². The lowest BCUT2D eigenvalue weighted by Crippen LogP contribution is -2.13. The zero-order valence-corrected chi connectivity index (χ0v) is 8.99. The number of fused-ring (bicyclic) bond motifs is 1. The van der Waals surface area contributed by atoms with Gasteiger partial charge in [0.05, 0.1) is 5.69 Å². The number of nitrogens with zero attached hydrogens (tertiary/aromatic N) is 2. The maximum absolute atomic E-state index is 11.7. The first kappa shape index (κ1) is 9.23. The molecule has 0 atom stereocenters. The summed E-state index contributed by atoms with van der Waals surface area (Å²) in [4.78, 5) is 20.0. The maximum Gasteiger partial charge on any atom is 0.275 e. The van der Waals surface area contributed by atoms with Crippen LogP contribution >= 0.6 is 11.3 Å². The van der Waals surface area contributed by atoms with Crippen LogP contribution in [0.1, 0.15) is 5.56 Å². The van der Waals surface area contributed by atoms with Crippen molar-refractivity contribution in [3.05, 3.63) is 41.4 Å². The van der Waals surface area contributed by atoms with E-state index in [0.717, 1.165) is 11.3 Å². The quantitative estimate of drug-likeness (QED) is 0.815. The molecule has 4 nitrogen and oxygen atoms in total. The van der Waals surface area contributed by atoms with Crippen LogP contribution in [-0.2, 0) is 4.79 Å². The van der Waals surface area contributed by atoms with Gasteiger partial charge in [-0.25, -0.2) is 9.98 Å². The first-order valence-electron chi connectivity index (χ1n) is 4.73. The van der Waals surface area contributed by atoms with Crippen LogP contribution < -0.4 is 5.32 Å². The Hall–Kier alpha value is -2.01. The molecule has 78 valence electrons. The molecule has 1 aliphatic heterocycles. The highest BCUT2D eigenvalue weighted by Crippen LogP contribution is 2.25. The molecule has 2 heterocycles. The van der Waals surface area contributed by atoms with E-state index in [-0.39, 0.29) is 5.91 Å². The molecule has 0 bridgehead atoms. The van der Waals surface area contributed by atoms with Gasteiger partial charge in [-0.15, -0.1) is 11.3 Å². The van der Waals surface area contributed by atoms with Crippen molar-refractivity contribution in [2.45, 2.75) is 0 Å². The first-order valence-corrected chi connectivity index (χ1v) is 5.61. The van der Waals surface area contributed by atoms with E-state index in [1.165, 1.54) is 11.3 Å². The molecule has 5 heteroatoms. The van der Waals surface area contributed by atoms with E-state index in [0.29, 0.717) is 10.8 Å². The molecular formula is C11H7N3OS. The second-order valence-corrected chi connectivity index (χ2v) is 4.15. The third-order valence-electron chi connectivity index (χ3n) is 2.27. The smallest absolute Gasteiger partial charge is 0.275 e. The minimum atomic E-state index is -0.170. The average molecular weight is 229 g/mol. The summed E-state index contributed by atoms with van der Waals surface area (Å²) in [6, 6.07) is 7.50. The highest BCUT2D eigenvalue weighted by Gasteiger charge is 2.25. The molecule has 2 aromatic rings. The Kier molecular flexibility index (Phi) is 2.04. The Balaban J connectivity index is 2.12. The predicted molar refractivity (Wildman–Crippen MR) is 63.4 cm³/mol. The van der Waals surface area contributed by atoms with Gasteiger partial charge in [0.25, 0.3) is 5.91 Å². The number of nitrogens with one attached hydrogen (secondary N) is 1. The number of aliphatic imine (C=N–C) groups is 1. The van der Waals surface area contributed by atoms with Gasteiger partial charge in [0, 0.05) is 17.1 Å². The van der Waals surface area contributed by atoms with Gasteiger partial charge < -0.3 is 5.32 Å². The molecule has 0 saturated carbocycles. The Labute approximate surface area is 95.7 Å². The number of benzene rings is 1. The number of para-hydroxylation sites is 1. The second-order valence-electron chi connectivity index (χ2n) is 3.27. The minimum absolute atomic E-state index is 0.170. The fourth-order valence-corrected chi connectivity index (χ4v) is 2.09. The molecule has 0 aliphatic carbocycles. The number of thiazole rings is 1. The van der Waals surface area contributed by atoms with Crippen molar-refractivity contribution in [2.75, 3.05) is 5.32 Å². The largest absolute Gasteiger partial charge is 0.320 e. The Morgan fingerprint density at radius 3 is 3.00 bits per heavy atom. The van der Waals surface area contributed by atoms with E-state index in [1.54, 1.807) is 6.20 Å². The van der Waals surface area contributed by atoms with Crippen LogP contribution in [0, 0.1) is 0 Å². The van der Waals surface area contributed by atoms with Crippen LogP contribution in [0.25, 0.3) is 0 Å². The lowest BCUT2D eigenvalue weighted by molar-refractivity contribution is -0.110. The highest BCUT2D eigenvalue weighted by atomic mass is 32.1. The van der Waals surface area contributed by atoms with E-state index < -0.39 is 0 Å². The van der Waals surface area contributed by atoms with E-state index in [1.807, 2.05) is 29.6 Å². The second kappa shape index (κ2) is 3.53. The van der Waals surface area contributed by atoms with Crippen LogP contribution in [0.5, 0.6) is 0 Å². The van der Waals surface area contributed by atoms with Gasteiger partial charge in [-0.1, -0.05) is 18.2 Å². The van der Waals surface area contributed by atoms with Gasteiger partial charge >= 0.3 is 0 Å². The van der Waals surface area contributed by atoms with E-state index >= 15 is 0 Å². The van der Waals surface area contributed by atoms with Crippen LogP contribution in [0.2, 0.25) is 0 Å². The molecule has 0 radical (unpaired) electrons. The molecule has 1 aromatic carbocycles. The van der Waals surface area contributed by atoms with Crippen LogP contribution in [0.15, 0.2) is 40.8 Å². The monoisotopic (exact) mass is 229 g/mol. The topological polar surface area (TPSA) is 54.4 Å². The highest BCUT2D eigenvalue weighted by molar-refractivity contribution is 7.13. The van der Waals surface area contributed by atoms with Crippen molar-refractivity contribution in [3.8, 4) is 0 Å². The van der Waals surface area contributed by atoms with Gasteiger partial charge in [-0.2, -0.15) is 0 Å². The normalized spacial score (nSPS) is 16.2. The molecule has 3 rings (SSSR count). The number of hydrogen-bond acceptors (Lipinski definition) is 4. The molecule has 0 fully saturated rings. The molecule has 0 saturated heterocycles. The number of hydrogen-bond donors (Lipinski definition) is 1. The van der Waals surface area contributed by atoms with Crippen molar-refractivity contribution in [1.29, 1.82) is 0 Å². The van der Waals surface area contributed by atoms with Gasteiger partial charge in [0.2, 0.25) is 5.13 Å². The minimum Gasteiger partial charge on any atom is -0.320 e. The Morgan fingerprint density at radius 1 is 1.31 bits per heavy atom. The Bertz CT molecular complexity index is 575. The summed E-state index contributed by atoms with van der Waals surface area (Å²) >= 11 is 1.41. The summed E-state index contributed by atoms with van der Waals surface area (Å²) < 4.78 is 0. The maximum atomic E-state index is 11.7. The number of carbonyl (C=O) groups excluding carboxylic acids is 1. The summed E-state index contributed by atoms with van der Waals surface area (Å²) in [5, 5.41) is 5.20. The van der Waals surface area contributed by atoms with Gasteiger partial charge in [-0.05, 0) is 6.07 Å². The van der Waals surface area contributed by atoms with Gasteiger partial charge in [-0.3, -0.25) is 4.79 Å². The third kappa shape index (κ3) is 1.42. The van der Waals surface area contributed by atoms with E-state index in [4.69, 9.17) is 0 Å². The predicted octanol–water partition coefficient (Wildman–Crippen LogP) is 2.22. The molecule has 16 heavy (non-hydrogen) atoms. The van der Waals surface area contributed by atoms with Crippen molar-refractivity contribution < 1.29 is 4.79 Å². The standard InChI is InChI=1S/C11H7N3OS/c15-10-9(14-11-12-5-6-16-11)7-3-1-2-4-8(7)13-10/h1-6H,(H,12,13,14,15). The van der Waals surface area contributed by atoms with Crippen LogP contribution in [0.3, 0.4) is 0 Å². The summed E-state index contributed by atoms with van der Waals surface area (Å²) in [6.07, 6.45) is 1.67. The lowest BCUT2D eigenvalue weighted by Gasteiger charge is -1.94. The molecular weight excluding hydrogens is 222 g/mol. The van der Waals surface area contributed by atoms with Crippen molar-refractivity contribution in [2.24, 2.45) is 4.99 Å². The van der Waals surface area contributed by atoms with Gasteiger partial charge in [0.15, 0.2) is 0 Å². The summed E-state index contributed by atoms with van der Waals surface area (Å²) in [7, 11) is 0. The van der Waals surface area contributed by atoms with Crippen LogP contribution in [0.4, 0.5) is 10.8 Å². The zero-order chi connectivity index (χ0) is 11.0. The van der Waals surface area contributed by atoms with Crippen molar-refractivity contribution in [3.63, 3.8) is 0 Å². The number of anilines is 1. The molecule has 1 amide bonds. The number of aromatic nitrogens is 1. The fourth-order valence-electron chi connectivity index (χ4n) is 1.58. The summed E-state index contributed by atoms with van der Waals surface area (Å²) in [5.74, 6) is -0.170. The fraction of sp³-hybridized carbons (Fsp3) is 0. The first-order chi connectivity index (χ1) is 7.84. The molecule has 1 aromatic heterocycles. The molecule has 1 N–H and O–H groups in total. The third-order valence-corrected chi connectivity index (χ3v) is 2.94. The van der Waals surface area contributed by atoms with Crippen molar-refractivity contribution >= 4 is 33.8 Å². The average Bonchev–Trinajstić information content (AvgIpc) is 2.89. The Morgan fingerprint density at radius 2 is 2.19 bits per heavy atom. The molecule has 0 unspecified atom stereocenters. The summed E-state index contributed by atoms with van der Waals surface area (Å²) in [6.45, 7) is 0. The number of carbonyl (C=O) groups is 1. The van der Waals surface area contributed by atoms with Gasteiger partial charge in [0.1, 0.15) is 5.71 Å². The van der Waals surface area contributed by atoms with Crippen LogP contribution in [-0.4, -0.2) is 16.6 Å². The van der Waals surface area contributed by atoms with Crippen molar-refractivity contribution in [1.82, 2.24) is 4.98 Å². The zero-order valence-electron chi connectivity index (χ0n) is 8.18. The SMILES string of the molecule is O=C1Nc2ccccc2/C1=N/c1nccs1. The van der Waals surface area contributed by atoms with E-state index in [9.17, 15) is 4.79 Å². The summed E-state index contributed by atoms with van der Waals surface area (Å²) in [5.41, 5.74) is 2.08. The molecule has 1 aliphatic rings. The number of rotatable bonds is 1. The molecule has 0 spiro atoms. The number of amides is 1. The lowest BCUT2D eigenvalue weighted by atomic mass is 10.1.